The lowest BCUT2D eigenvalue weighted by molar-refractivity contribution is 0.527. The topological polar surface area (TPSA) is 38.0 Å². The molecule has 2 nitrogen and oxygen atoms in total. The average molecular weight is 425 g/mol. The zero-order valence-electron chi connectivity index (χ0n) is 10.3. The summed E-state index contributed by atoms with van der Waals surface area (Å²) < 4.78 is 14.9. The maximum atomic E-state index is 13.9. The Morgan fingerprint density at radius 3 is 2.65 bits per heavy atom. The summed E-state index contributed by atoms with van der Waals surface area (Å²) in [5, 5.41) is 1.00. The molecule has 2 aromatic carbocycles. The van der Waals surface area contributed by atoms with Gasteiger partial charge in [0.1, 0.15) is 5.82 Å². The van der Waals surface area contributed by atoms with Crippen LogP contribution in [0.2, 0.25) is 10.0 Å². The number of nitrogens with one attached hydrogen (secondary N) is 1. The van der Waals surface area contributed by atoms with Crippen LogP contribution in [0.1, 0.15) is 17.2 Å². The summed E-state index contributed by atoms with van der Waals surface area (Å²) in [5.41, 5.74) is 4.06. The van der Waals surface area contributed by atoms with Crippen LogP contribution in [0.5, 0.6) is 0 Å². The Labute approximate surface area is 140 Å². The van der Waals surface area contributed by atoms with Gasteiger partial charge >= 0.3 is 0 Å². The largest absolute Gasteiger partial charge is 0.271 e. The van der Waals surface area contributed by atoms with E-state index >= 15 is 0 Å². The number of nitrogens with two attached hydrogens (primary N) is 1. The van der Waals surface area contributed by atoms with E-state index in [1.54, 1.807) is 18.2 Å². The Bertz CT molecular complexity index is 602. The highest BCUT2D eigenvalue weighted by Gasteiger charge is 2.18. The molecule has 0 aromatic heterocycles. The van der Waals surface area contributed by atoms with Crippen LogP contribution in [0, 0.1) is 9.39 Å². The van der Waals surface area contributed by atoms with E-state index in [2.05, 4.69) is 28.0 Å². The van der Waals surface area contributed by atoms with Gasteiger partial charge in [0.05, 0.1) is 6.04 Å². The normalized spacial score (nSPS) is 12.4. The molecule has 3 N–H and O–H groups in total. The first-order valence-corrected chi connectivity index (χ1v) is 7.70. The third-order valence-electron chi connectivity index (χ3n) is 3.00. The Kier molecular flexibility index (Phi) is 5.63. The predicted octanol–water partition coefficient (Wildman–Crippen LogP) is 4.48. The Balaban J connectivity index is 2.36. The van der Waals surface area contributed by atoms with Crippen molar-refractivity contribution in [3.8, 4) is 0 Å². The molecule has 0 bridgehead atoms. The minimum atomic E-state index is -0.338. The van der Waals surface area contributed by atoms with Crippen LogP contribution in [0.25, 0.3) is 0 Å². The van der Waals surface area contributed by atoms with Crippen molar-refractivity contribution in [1.29, 1.82) is 0 Å². The molecule has 0 fully saturated rings. The minimum absolute atomic E-state index is 0.269. The number of hydrogen-bond donors (Lipinski definition) is 2. The molecule has 0 saturated heterocycles. The van der Waals surface area contributed by atoms with Crippen LogP contribution >= 0.6 is 45.8 Å². The highest BCUT2D eigenvalue weighted by molar-refractivity contribution is 14.1. The summed E-state index contributed by atoms with van der Waals surface area (Å²) in [6.45, 7) is 0. The molecule has 0 aliphatic heterocycles. The van der Waals surface area contributed by atoms with Gasteiger partial charge in [-0.15, -0.1) is 0 Å². The molecule has 0 saturated carbocycles. The SMILES string of the molecule is NNC(Cc1c(F)cccc1Cl)c1cc(Cl)ccc1I. The molecule has 0 heterocycles. The molecular formula is C14H12Cl2FIN2. The van der Waals surface area contributed by atoms with Gasteiger partial charge in [0.25, 0.3) is 0 Å². The van der Waals surface area contributed by atoms with E-state index < -0.39 is 0 Å². The summed E-state index contributed by atoms with van der Waals surface area (Å²) >= 11 is 14.3. The van der Waals surface area contributed by atoms with Gasteiger partial charge in [-0.25, -0.2) is 4.39 Å². The number of hydrogen-bond acceptors (Lipinski definition) is 2. The first-order chi connectivity index (χ1) is 9.52. The lowest BCUT2D eigenvalue weighted by Crippen LogP contribution is -2.30. The fraction of sp³-hybridized carbons (Fsp3) is 0.143. The number of hydrazine groups is 1. The standard InChI is InChI=1S/C14H12Cl2FIN2/c15-8-4-5-13(18)10(6-8)14(20-19)7-9-11(16)2-1-3-12(9)17/h1-6,14,20H,7,19H2. The molecule has 0 amide bonds. The molecule has 0 aliphatic rings. The van der Waals surface area contributed by atoms with Gasteiger partial charge in [0.15, 0.2) is 0 Å². The maximum absolute atomic E-state index is 13.9. The summed E-state index contributed by atoms with van der Waals surface area (Å²) in [7, 11) is 0. The smallest absolute Gasteiger partial charge is 0.127 e. The number of rotatable bonds is 4. The van der Waals surface area contributed by atoms with E-state index in [4.69, 9.17) is 29.0 Å². The van der Waals surface area contributed by atoms with Gasteiger partial charge in [-0.3, -0.25) is 11.3 Å². The van der Waals surface area contributed by atoms with Crippen molar-refractivity contribution in [2.24, 2.45) is 5.84 Å². The van der Waals surface area contributed by atoms with Gasteiger partial charge < -0.3 is 0 Å². The van der Waals surface area contributed by atoms with E-state index in [1.807, 2.05) is 12.1 Å². The van der Waals surface area contributed by atoms with Crippen molar-refractivity contribution in [2.75, 3.05) is 0 Å². The number of benzene rings is 2. The molecule has 6 heteroatoms. The molecule has 20 heavy (non-hydrogen) atoms. The monoisotopic (exact) mass is 424 g/mol. The molecule has 1 unspecified atom stereocenters. The average Bonchev–Trinajstić information content (AvgIpc) is 2.42. The lowest BCUT2D eigenvalue weighted by atomic mass is 9.99. The van der Waals surface area contributed by atoms with E-state index in [-0.39, 0.29) is 11.9 Å². The zero-order chi connectivity index (χ0) is 14.7. The van der Waals surface area contributed by atoms with Gasteiger partial charge in [-0.1, -0.05) is 29.3 Å². The van der Waals surface area contributed by atoms with Crippen molar-refractivity contribution in [3.05, 3.63) is 67.0 Å². The second-order valence-electron chi connectivity index (χ2n) is 4.29. The van der Waals surface area contributed by atoms with Crippen molar-refractivity contribution >= 4 is 45.8 Å². The third-order valence-corrected chi connectivity index (χ3v) is 4.58. The maximum Gasteiger partial charge on any atom is 0.127 e. The van der Waals surface area contributed by atoms with Crippen molar-refractivity contribution in [2.45, 2.75) is 12.5 Å². The molecule has 2 aromatic rings. The number of halogens is 4. The first-order valence-electron chi connectivity index (χ1n) is 5.87. The Hall–Kier alpha value is -0.400. The van der Waals surface area contributed by atoms with Gasteiger partial charge in [-0.2, -0.15) is 0 Å². The summed E-state index contributed by atoms with van der Waals surface area (Å²) in [4.78, 5) is 0. The van der Waals surface area contributed by atoms with E-state index in [0.717, 1.165) is 9.13 Å². The molecular weight excluding hydrogens is 413 g/mol. The van der Waals surface area contributed by atoms with Crippen LogP contribution in [0.4, 0.5) is 4.39 Å². The first kappa shape index (κ1) is 16.0. The van der Waals surface area contributed by atoms with Crippen molar-refractivity contribution in [1.82, 2.24) is 5.43 Å². The molecule has 2 rings (SSSR count). The summed E-state index contributed by atoms with van der Waals surface area (Å²) in [6, 6.07) is 9.88. The molecule has 1 atom stereocenters. The molecule has 0 radical (unpaired) electrons. The Morgan fingerprint density at radius 1 is 1.25 bits per heavy atom. The van der Waals surface area contributed by atoms with Crippen molar-refractivity contribution < 1.29 is 4.39 Å². The minimum Gasteiger partial charge on any atom is -0.271 e. The van der Waals surface area contributed by atoms with Crippen LogP contribution in [-0.2, 0) is 6.42 Å². The van der Waals surface area contributed by atoms with Gasteiger partial charge in [-0.05, 0) is 64.9 Å². The van der Waals surface area contributed by atoms with E-state index in [0.29, 0.717) is 22.0 Å². The lowest BCUT2D eigenvalue weighted by Gasteiger charge is -2.19. The molecule has 0 aliphatic carbocycles. The second kappa shape index (κ2) is 7.04. The van der Waals surface area contributed by atoms with Crippen LogP contribution in [0.3, 0.4) is 0 Å². The highest BCUT2D eigenvalue weighted by atomic mass is 127. The molecule has 106 valence electrons. The summed E-state index contributed by atoms with van der Waals surface area (Å²) in [6.07, 6.45) is 0.346. The van der Waals surface area contributed by atoms with Gasteiger partial charge in [0, 0.05) is 19.2 Å². The van der Waals surface area contributed by atoms with Gasteiger partial charge in [0.2, 0.25) is 0 Å². The van der Waals surface area contributed by atoms with Crippen LogP contribution in [-0.4, -0.2) is 0 Å². The van der Waals surface area contributed by atoms with Crippen LogP contribution in [0.15, 0.2) is 36.4 Å². The second-order valence-corrected chi connectivity index (χ2v) is 6.30. The quantitative estimate of drug-likeness (QED) is 0.431. The third kappa shape index (κ3) is 3.62. The molecule has 0 spiro atoms. The van der Waals surface area contributed by atoms with E-state index in [1.165, 1.54) is 6.07 Å². The predicted molar refractivity (Wildman–Crippen MR) is 89.3 cm³/mol. The summed E-state index contributed by atoms with van der Waals surface area (Å²) in [5.74, 6) is 5.27. The highest BCUT2D eigenvalue weighted by Crippen LogP contribution is 2.29. The fourth-order valence-electron chi connectivity index (χ4n) is 1.97. The Morgan fingerprint density at radius 2 is 2.00 bits per heavy atom. The van der Waals surface area contributed by atoms with Crippen LogP contribution < -0.4 is 11.3 Å². The van der Waals surface area contributed by atoms with Crippen molar-refractivity contribution in [3.63, 3.8) is 0 Å². The zero-order valence-corrected chi connectivity index (χ0v) is 14.0. The fourth-order valence-corrected chi connectivity index (χ4v) is 3.10. The van der Waals surface area contributed by atoms with E-state index in [9.17, 15) is 4.39 Å².